The Morgan fingerprint density at radius 2 is 1.89 bits per heavy atom. The van der Waals surface area contributed by atoms with Crippen molar-refractivity contribution in [2.75, 3.05) is 6.54 Å². The molecule has 0 fully saturated rings. The molecule has 3 N–H and O–H groups in total. The SMILES string of the molecule is CC(O)CNC(=O)C(=O)NCc1ccccc1F. The van der Waals surface area contributed by atoms with Gasteiger partial charge in [-0.15, -0.1) is 0 Å². The Bertz CT molecular complexity index is 435. The van der Waals surface area contributed by atoms with Crippen molar-refractivity contribution in [2.45, 2.75) is 19.6 Å². The normalized spacial score (nSPS) is 11.7. The molecular formula is C12H15FN2O3. The molecule has 1 rings (SSSR count). The topological polar surface area (TPSA) is 78.4 Å². The predicted molar refractivity (Wildman–Crippen MR) is 62.9 cm³/mol. The fourth-order valence-electron chi connectivity index (χ4n) is 1.22. The van der Waals surface area contributed by atoms with Gasteiger partial charge in [-0.3, -0.25) is 9.59 Å². The van der Waals surface area contributed by atoms with Crippen LogP contribution in [0.4, 0.5) is 4.39 Å². The number of aliphatic hydroxyl groups excluding tert-OH is 1. The molecule has 6 heteroatoms. The van der Waals surface area contributed by atoms with Crippen LogP contribution in [0, 0.1) is 5.82 Å². The lowest BCUT2D eigenvalue weighted by Gasteiger charge is -2.08. The van der Waals surface area contributed by atoms with Crippen LogP contribution in [0.25, 0.3) is 0 Å². The molecule has 0 bridgehead atoms. The van der Waals surface area contributed by atoms with Crippen LogP contribution in [0.2, 0.25) is 0 Å². The standard InChI is InChI=1S/C12H15FN2O3/c1-8(16)6-14-11(17)12(18)15-7-9-4-2-3-5-10(9)13/h2-5,8,16H,6-7H2,1H3,(H,14,17)(H,15,18). The lowest BCUT2D eigenvalue weighted by Crippen LogP contribution is -2.42. The molecule has 1 aromatic carbocycles. The highest BCUT2D eigenvalue weighted by molar-refractivity contribution is 6.35. The smallest absolute Gasteiger partial charge is 0.309 e. The highest BCUT2D eigenvalue weighted by atomic mass is 19.1. The van der Waals surface area contributed by atoms with Crippen LogP contribution < -0.4 is 10.6 Å². The van der Waals surface area contributed by atoms with Crippen molar-refractivity contribution in [3.63, 3.8) is 0 Å². The van der Waals surface area contributed by atoms with Crippen LogP contribution >= 0.6 is 0 Å². The van der Waals surface area contributed by atoms with E-state index < -0.39 is 23.7 Å². The van der Waals surface area contributed by atoms with Gasteiger partial charge in [0.2, 0.25) is 0 Å². The van der Waals surface area contributed by atoms with E-state index in [0.717, 1.165) is 0 Å². The molecule has 0 aliphatic heterocycles. The lowest BCUT2D eigenvalue weighted by molar-refractivity contribution is -0.139. The van der Waals surface area contributed by atoms with E-state index in [-0.39, 0.29) is 13.1 Å². The third-order valence-electron chi connectivity index (χ3n) is 2.16. The maximum Gasteiger partial charge on any atom is 0.309 e. The lowest BCUT2D eigenvalue weighted by atomic mass is 10.2. The van der Waals surface area contributed by atoms with Crippen molar-refractivity contribution in [1.82, 2.24) is 10.6 Å². The summed E-state index contributed by atoms with van der Waals surface area (Å²) in [5.41, 5.74) is 0.300. The summed E-state index contributed by atoms with van der Waals surface area (Å²) in [5, 5.41) is 13.5. The number of amides is 2. The largest absolute Gasteiger partial charge is 0.392 e. The van der Waals surface area contributed by atoms with Crippen LogP contribution in [0.1, 0.15) is 12.5 Å². The van der Waals surface area contributed by atoms with Crippen molar-refractivity contribution in [3.05, 3.63) is 35.6 Å². The molecule has 2 amide bonds. The molecule has 0 aliphatic carbocycles. The van der Waals surface area contributed by atoms with E-state index in [9.17, 15) is 14.0 Å². The van der Waals surface area contributed by atoms with Gasteiger partial charge in [0, 0.05) is 18.7 Å². The van der Waals surface area contributed by atoms with Gasteiger partial charge in [0.25, 0.3) is 0 Å². The highest BCUT2D eigenvalue weighted by Gasteiger charge is 2.13. The van der Waals surface area contributed by atoms with Gasteiger partial charge in [-0.05, 0) is 13.0 Å². The summed E-state index contributed by atoms with van der Waals surface area (Å²) in [6, 6.07) is 5.96. The summed E-state index contributed by atoms with van der Waals surface area (Å²) >= 11 is 0. The second-order valence-corrected chi connectivity index (χ2v) is 3.83. The highest BCUT2D eigenvalue weighted by Crippen LogP contribution is 2.05. The van der Waals surface area contributed by atoms with E-state index in [1.165, 1.54) is 25.1 Å². The van der Waals surface area contributed by atoms with Crippen molar-refractivity contribution in [2.24, 2.45) is 0 Å². The molecular weight excluding hydrogens is 239 g/mol. The van der Waals surface area contributed by atoms with E-state index in [0.29, 0.717) is 5.56 Å². The minimum Gasteiger partial charge on any atom is -0.392 e. The second kappa shape index (κ2) is 6.70. The third kappa shape index (κ3) is 4.50. The summed E-state index contributed by atoms with van der Waals surface area (Å²) in [5.74, 6) is -2.16. The van der Waals surface area contributed by atoms with E-state index in [4.69, 9.17) is 5.11 Å². The number of carbonyl (C=O) groups is 2. The van der Waals surface area contributed by atoms with Crippen LogP contribution in [-0.4, -0.2) is 29.6 Å². The van der Waals surface area contributed by atoms with E-state index in [1.54, 1.807) is 6.07 Å². The Hall–Kier alpha value is -1.95. The molecule has 98 valence electrons. The van der Waals surface area contributed by atoms with Crippen molar-refractivity contribution >= 4 is 11.8 Å². The summed E-state index contributed by atoms with van der Waals surface area (Å²) in [6.07, 6.45) is -0.728. The molecule has 0 aliphatic rings. The summed E-state index contributed by atoms with van der Waals surface area (Å²) in [4.78, 5) is 22.5. The van der Waals surface area contributed by atoms with Gasteiger partial charge >= 0.3 is 11.8 Å². The number of hydrogen-bond acceptors (Lipinski definition) is 3. The van der Waals surface area contributed by atoms with Crippen molar-refractivity contribution in [3.8, 4) is 0 Å². The average molecular weight is 254 g/mol. The maximum absolute atomic E-state index is 13.2. The molecule has 0 heterocycles. The monoisotopic (exact) mass is 254 g/mol. The molecule has 5 nitrogen and oxygen atoms in total. The fraction of sp³-hybridized carbons (Fsp3) is 0.333. The van der Waals surface area contributed by atoms with Crippen LogP contribution in [-0.2, 0) is 16.1 Å². The number of hydrogen-bond donors (Lipinski definition) is 3. The summed E-state index contributed by atoms with van der Waals surface area (Å²) in [7, 11) is 0. The minimum absolute atomic E-state index is 0.00798. The molecule has 0 aromatic heterocycles. The van der Waals surface area contributed by atoms with Gasteiger partial charge in [-0.25, -0.2) is 4.39 Å². The van der Waals surface area contributed by atoms with Crippen LogP contribution in [0.3, 0.4) is 0 Å². The maximum atomic E-state index is 13.2. The molecule has 1 unspecified atom stereocenters. The average Bonchev–Trinajstić information content (AvgIpc) is 2.34. The number of rotatable bonds is 4. The molecule has 1 aromatic rings. The first-order valence-electron chi connectivity index (χ1n) is 5.48. The van der Waals surface area contributed by atoms with Gasteiger partial charge < -0.3 is 15.7 Å². The zero-order valence-electron chi connectivity index (χ0n) is 9.94. The first kappa shape index (κ1) is 14.1. The molecule has 0 saturated carbocycles. The molecule has 1 atom stereocenters. The molecule has 18 heavy (non-hydrogen) atoms. The quantitative estimate of drug-likeness (QED) is 0.659. The third-order valence-corrected chi connectivity index (χ3v) is 2.16. The number of aliphatic hydroxyl groups is 1. The molecule has 0 radical (unpaired) electrons. The summed E-state index contributed by atoms with van der Waals surface area (Å²) < 4.78 is 13.2. The summed E-state index contributed by atoms with van der Waals surface area (Å²) in [6.45, 7) is 1.41. The van der Waals surface area contributed by atoms with Crippen LogP contribution in [0.5, 0.6) is 0 Å². The van der Waals surface area contributed by atoms with E-state index >= 15 is 0 Å². The van der Waals surface area contributed by atoms with Gasteiger partial charge in [0.1, 0.15) is 5.82 Å². The first-order chi connectivity index (χ1) is 8.50. The van der Waals surface area contributed by atoms with E-state index in [2.05, 4.69) is 10.6 Å². The fourth-order valence-corrected chi connectivity index (χ4v) is 1.22. The first-order valence-corrected chi connectivity index (χ1v) is 5.48. The minimum atomic E-state index is -0.862. The van der Waals surface area contributed by atoms with Gasteiger partial charge in [-0.1, -0.05) is 18.2 Å². The Kier molecular flexibility index (Phi) is 5.26. The van der Waals surface area contributed by atoms with Crippen LogP contribution in [0.15, 0.2) is 24.3 Å². The zero-order valence-corrected chi connectivity index (χ0v) is 9.94. The van der Waals surface area contributed by atoms with Crippen molar-refractivity contribution in [1.29, 1.82) is 0 Å². The van der Waals surface area contributed by atoms with Crippen molar-refractivity contribution < 1.29 is 19.1 Å². The van der Waals surface area contributed by atoms with Gasteiger partial charge in [0.05, 0.1) is 6.10 Å². The number of carbonyl (C=O) groups excluding carboxylic acids is 2. The predicted octanol–water partition coefficient (Wildman–Crippen LogP) is -0.0611. The Morgan fingerprint density at radius 1 is 1.28 bits per heavy atom. The molecule has 0 saturated heterocycles. The van der Waals surface area contributed by atoms with Gasteiger partial charge in [0.15, 0.2) is 0 Å². The zero-order chi connectivity index (χ0) is 13.5. The Morgan fingerprint density at radius 3 is 2.50 bits per heavy atom. The second-order valence-electron chi connectivity index (χ2n) is 3.83. The van der Waals surface area contributed by atoms with Gasteiger partial charge in [-0.2, -0.15) is 0 Å². The molecule has 0 spiro atoms. The number of nitrogens with one attached hydrogen (secondary N) is 2. The number of halogens is 1. The Balaban J connectivity index is 2.42. The Labute approximate surface area is 104 Å². The van der Waals surface area contributed by atoms with E-state index in [1.807, 2.05) is 0 Å². The number of benzene rings is 1.